The Bertz CT molecular complexity index is 1700. The third kappa shape index (κ3) is 10.1. The fraction of sp³-hybridized carbons (Fsp3) is 0.308. The number of hydrogen-bond acceptors (Lipinski definition) is 8. The quantitative estimate of drug-likeness (QED) is 0.0615. The van der Waals surface area contributed by atoms with Gasteiger partial charge in [0, 0.05) is 41.9 Å². The summed E-state index contributed by atoms with van der Waals surface area (Å²) in [6.45, 7) is 10.4. The van der Waals surface area contributed by atoms with Crippen LogP contribution in [0.4, 0.5) is 24.5 Å². The lowest BCUT2D eigenvalue weighted by molar-refractivity contribution is 0.309. The van der Waals surface area contributed by atoms with Crippen LogP contribution in [-0.4, -0.2) is 47.6 Å². The van der Waals surface area contributed by atoms with Crippen molar-refractivity contribution in [1.82, 2.24) is 0 Å². The molecule has 0 amide bonds. The van der Waals surface area contributed by atoms with E-state index in [4.69, 9.17) is 18.9 Å². The first-order valence-corrected chi connectivity index (χ1v) is 17.4. The van der Waals surface area contributed by atoms with Gasteiger partial charge in [-0.05, 0) is 72.8 Å². The van der Waals surface area contributed by atoms with Crippen molar-refractivity contribution in [2.24, 2.45) is 4.99 Å². The predicted octanol–water partition coefficient (Wildman–Crippen LogP) is 10.3. The highest BCUT2D eigenvalue weighted by Crippen LogP contribution is 2.36. The van der Waals surface area contributed by atoms with Crippen LogP contribution in [0.15, 0.2) is 89.8 Å². The first kappa shape index (κ1) is 39.7. The van der Waals surface area contributed by atoms with Gasteiger partial charge in [-0.25, -0.2) is 13.2 Å². The molecule has 11 heteroatoms. The average Bonchev–Trinajstić information content (AvgIpc) is 3.14. The standard InChI is InChI=1S/C37H40F3N3O4S.C2H6/c1-7-8-17-47-29-13-9-25(10-14-29)26-18-32(39)30(33(40)19-26)23-48-24-43(28-11-15-31(38)35(21-28)45-5)37(22-41-2)42(3)27-12-16-34(44-4)36(20-27)46-6;1-2/h9-16,18-22H,2,7-8,17,23-24H2,1,3-6H3;1-2H3/b37-22-;. The van der Waals surface area contributed by atoms with Gasteiger partial charge in [0.1, 0.15) is 23.2 Å². The van der Waals surface area contributed by atoms with Gasteiger partial charge in [-0.2, -0.15) is 0 Å². The lowest BCUT2D eigenvalue weighted by Gasteiger charge is -2.33. The van der Waals surface area contributed by atoms with Crippen LogP contribution in [0.3, 0.4) is 0 Å². The van der Waals surface area contributed by atoms with Crippen LogP contribution in [0.25, 0.3) is 11.1 Å². The summed E-state index contributed by atoms with van der Waals surface area (Å²) >= 11 is 1.27. The van der Waals surface area contributed by atoms with Gasteiger partial charge in [0.05, 0.1) is 40.0 Å². The van der Waals surface area contributed by atoms with E-state index in [9.17, 15) is 4.39 Å². The average molecular weight is 710 g/mol. The molecule has 0 fully saturated rings. The Hall–Kier alpha value is -4.77. The molecule has 0 radical (unpaired) electrons. The zero-order valence-electron chi connectivity index (χ0n) is 29.8. The van der Waals surface area contributed by atoms with Crippen molar-refractivity contribution in [3.63, 3.8) is 0 Å². The lowest BCUT2D eigenvalue weighted by Crippen LogP contribution is -2.33. The number of hydrogen-bond donors (Lipinski definition) is 0. The van der Waals surface area contributed by atoms with Crippen LogP contribution in [0, 0.1) is 17.5 Å². The van der Waals surface area contributed by atoms with Crippen molar-refractivity contribution in [3.8, 4) is 34.1 Å². The van der Waals surface area contributed by atoms with Crippen molar-refractivity contribution in [2.45, 2.75) is 39.4 Å². The summed E-state index contributed by atoms with van der Waals surface area (Å²) in [6.07, 6.45) is 3.52. The maximum atomic E-state index is 15.4. The summed E-state index contributed by atoms with van der Waals surface area (Å²) in [5.41, 5.74) is 2.33. The van der Waals surface area contributed by atoms with Crippen LogP contribution in [-0.2, 0) is 5.75 Å². The van der Waals surface area contributed by atoms with Gasteiger partial charge in [0.2, 0.25) is 0 Å². The highest BCUT2D eigenvalue weighted by Gasteiger charge is 2.22. The number of nitrogens with zero attached hydrogens (tertiary/aromatic N) is 3. The molecule has 4 aromatic rings. The largest absolute Gasteiger partial charge is 0.494 e. The van der Waals surface area contributed by atoms with E-state index in [1.807, 2.05) is 36.8 Å². The molecule has 268 valence electrons. The monoisotopic (exact) mass is 709 g/mol. The van der Waals surface area contributed by atoms with Gasteiger partial charge in [-0.3, -0.25) is 4.99 Å². The van der Waals surface area contributed by atoms with Crippen LogP contribution in [0.1, 0.15) is 39.2 Å². The van der Waals surface area contributed by atoms with Gasteiger partial charge in [0.25, 0.3) is 0 Å². The molecule has 0 N–H and O–H groups in total. The molecule has 0 spiro atoms. The Labute approximate surface area is 298 Å². The zero-order valence-corrected chi connectivity index (χ0v) is 30.6. The summed E-state index contributed by atoms with van der Waals surface area (Å²) in [4.78, 5) is 7.69. The van der Waals surface area contributed by atoms with Gasteiger partial charge >= 0.3 is 0 Å². The maximum absolute atomic E-state index is 15.4. The van der Waals surface area contributed by atoms with E-state index in [2.05, 4.69) is 18.6 Å². The minimum Gasteiger partial charge on any atom is -0.494 e. The van der Waals surface area contributed by atoms with Crippen molar-refractivity contribution in [3.05, 3.63) is 108 Å². The third-order valence-electron chi connectivity index (χ3n) is 7.59. The van der Waals surface area contributed by atoms with Crippen LogP contribution < -0.4 is 28.7 Å². The first-order valence-electron chi connectivity index (χ1n) is 16.3. The minimum atomic E-state index is -0.651. The van der Waals surface area contributed by atoms with Gasteiger partial charge in [-0.15, -0.1) is 11.8 Å². The number of halogens is 3. The van der Waals surface area contributed by atoms with Crippen molar-refractivity contribution in [2.75, 3.05) is 50.7 Å². The SMILES string of the molecule is C=N/C=C(/N(C)c1ccc(OC)c(OC)c1)N(CSCc1c(F)cc(-c2ccc(OCCCC)cc2)cc1F)c1ccc(F)c(OC)c1.CC. The number of thioether (sulfide) groups is 1. The fourth-order valence-electron chi connectivity index (χ4n) is 4.90. The normalized spacial score (nSPS) is 10.9. The number of anilines is 2. The molecule has 0 atom stereocenters. The van der Waals surface area contributed by atoms with Crippen molar-refractivity contribution >= 4 is 29.9 Å². The minimum absolute atomic E-state index is 0.0197. The van der Waals surface area contributed by atoms with E-state index >= 15 is 8.78 Å². The molecule has 0 unspecified atom stereocenters. The molecule has 0 aliphatic carbocycles. The highest BCUT2D eigenvalue weighted by atomic mass is 32.2. The van der Waals surface area contributed by atoms with Gasteiger partial charge < -0.3 is 28.7 Å². The first-order chi connectivity index (χ1) is 24.2. The second-order valence-electron chi connectivity index (χ2n) is 10.6. The second-order valence-corrected chi connectivity index (χ2v) is 11.6. The predicted molar refractivity (Wildman–Crippen MR) is 201 cm³/mol. The third-order valence-corrected chi connectivity index (χ3v) is 8.52. The Morgan fingerprint density at radius 1 is 0.780 bits per heavy atom. The summed E-state index contributed by atoms with van der Waals surface area (Å²) in [6, 6.07) is 19.7. The number of aliphatic imine (C=N–C) groups is 1. The molecular formula is C39H46F3N3O4S. The molecule has 0 saturated carbocycles. The van der Waals surface area contributed by atoms with E-state index in [0.717, 1.165) is 18.5 Å². The molecule has 0 aromatic heterocycles. The molecule has 0 saturated heterocycles. The van der Waals surface area contributed by atoms with Crippen LogP contribution >= 0.6 is 11.8 Å². The zero-order chi connectivity index (χ0) is 36.6. The number of unbranched alkanes of at least 4 members (excludes halogenated alkanes) is 1. The van der Waals surface area contributed by atoms with Gasteiger partial charge in [0.15, 0.2) is 23.1 Å². The van der Waals surface area contributed by atoms with E-state index in [1.165, 1.54) is 37.1 Å². The molecule has 0 aliphatic heterocycles. The van der Waals surface area contributed by atoms with Crippen molar-refractivity contribution in [1.29, 1.82) is 0 Å². The number of rotatable bonds is 17. The summed E-state index contributed by atoms with van der Waals surface area (Å²) < 4.78 is 67.1. The topological polar surface area (TPSA) is 55.8 Å². The molecular weight excluding hydrogens is 664 g/mol. The number of ether oxygens (including phenoxy) is 4. The molecule has 4 rings (SSSR count). The summed E-state index contributed by atoms with van der Waals surface area (Å²) in [7, 11) is 6.29. The van der Waals surface area contributed by atoms with Crippen LogP contribution in [0.2, 0.25) is 0 Å². The second kappa shape index (κ2) is 20.0. The summed E-state index contributed by atoms with van der Waals surface area (Å²) in [5, 5.41) is 0. The Balaban J connectivity index is 0.00000332. The molecule has 0 bridgehead atoms. The van der Waals surface area contributed by atoms with E-state index in [1.54, 1.807) is 69.0 Å². The lowest BCUT2D eigenvalue weighted by atomic mass is 10.0. The van der Waals surface area contributed by atoms with Gasteiger partial charge in [-0.1, -0.05) is 39.3 Å². The molecule has 7 nitrogen and oxygen atoms in total. The highest BCUT2D eigenvalue weighted by molar-refractivity contribution is 7.98. The van der Waals surface area contributed by atoms with E-state index in [-0.39, 0.29) is 22.9 Å². The van der Waals surface area contributed by atoms with E-state index < -0.39 is 17.5 Å². The maximum Gasteiger partial charge on any atom is 0.165 e. The molecule has 0 heterocycles. The summed E-state index contributed by atoms with van der Waals surface area (Å²) in [5.74, 6) is 0.748. The molecule has 4 aromatic carbocycles. The smallest absolute Gasteiger partial charge is 0.165 e. The Kier molecular flexibility index (Phi) is 15.9. The van der Waals surface area contributed by atoms with E-state index in [0.29, 0.717) is 46.5 Å². The Morgan fingerprint density at radius 2 is 1.40 bits per heavy atom. The van der Waals surface area contributed by atoms with Crippen molar-refractivity contribution < 1.29 is 32.1 Å². The molecule has 50 heavy (non-hydrogen) atoms. The van der Waals surface area contributed by atoms with Crippen LogP contribution in [0.5, 0.6) is 23.0 Å². The molecule has 0 aliphatic rings. The number of methoxy groups -OCH3 is 3. The fourth-order valence-corrected chi connectivity index (χ4v) is 5.93. The Morgan fingerprint density at radius 3 is 2.00 bits per heavy atom. The number of benzene rings is 4.